The molecule has 15 heavy (non-hydrogen) atoms. The van der Waals surface area contributed by atoms with E-state index in [1.54, 1.807) is 0 Å². The summed E-state index contributed by atoms with van der Waals surface area (Å²) in [6.45, 7) is 2.70. The zero-order valence-electron chi connectivity index (χ0n) is 8.53. The molecule has 1 heterocycles. The number of aromatic nitrogens is 1. The van der Waals surface area contributed by atoms with Crippen LogP contribution in [0.5, 0.6) is 0 Å². The topological polar surface area (TPSA) is 74.0 Å². The fourth-order valence-electron chi connectivity index (χ4n) is 1.92. The van der Waals surface area contributed by atoms with Crippen LogP contribution in [-0.4, -0.2) is 10.5 Å². The summed E-state index contributed by atoms with van der Waals surface area (Å²) in [5.41, 5.74) is 12.6. The molecule has 78 valence electrons. The quantitative estimate of drug-likeness (QED) is 0.773. The Labute approximate surface area is 87.5 Å². The van der Waals surface area contributed by atoms with Crippen LogP contribution >= 0.6 is 0 Å². The third-order valence-corrected chi connectivity index (χ3v) is 2.57. The van der Waals surface area contributed by atoms with E-state index in [2.05, 4.69) is 0 Å². The van der Waals surface area contributed by atoms with Crippen molar-refractivity contribution in [3.63, 3.8) is 0 Å². The molecule has 4 nitrogen and oxygen atoms in total. The summed E-state index contributed by atoms with van der Waals surface area (Å²) in [6, 6.07) is 7.58. The van der Waals surface area contributed by atoms with Crippen molar-refractivity contribution in [2.24, 2.45) is 5.73 Å². The van der Waals surface area contributed by atoms with Crippen molar-refractivity contribution in [3.05, 3.63) is 29.8 Å². The van der Waals surface area contributed by atoms with E-state index in [9.17, 15) is 4.79 Å². The van der Waals surface area contributed by atoms with Crippen molar-refractivity contribution in [1.29, 1.82) is 0 Å². The zero-order chi connectivity index (χ0) is 11.0. The van der Waals surface area contributed by atoms with Crippen LogP contribution in [0.25, 0.3) is 10.9 Å². The molecule has 1 aromatic heterocycles. The second kappa shape index (κ2) is 3.31. The van der Waals surface area contributed by atoms with Crippen LogP contribution < -0.4 is 11.5 Å². The Morgan fingerprint density at radius 2 is 2.07 bits per heavy atom. The number of para-hydroxylation sites is 1. The Morgan fingerprint density at radius 3 is 2.67 bits per heavy atom. The van der Waals surface area contributed by atoms with Crippen molar-refractivity contribution < 1.29 is 4.79 Å². The average Bonchev–Trinajstić information content (AvgIpc) is 2.49. The zero-order valence-corrected chi connectivity index (χ0v) is 8.53. The Morgan fingerprint density at radius 1 is 1.40 bits per heavy atom. The van der Waals surface area contributed by atoms with Crippen molar-refractivity contribution in [3.8, 4) is 0 Å². The molecule has 0 aliphatic rings. The van der Waals surface area contributed by atoms with E-state index < -0.39 is 5.91 Å². The number of carbonyl (C=O) groups is 1. The van der Waals surface area contributed by atoms with Crippen molar-refractivity contribution in [1.82, 2.24) is 4.57 Å². The number of amides is 1. The van der Waals surface area contributed by atoms with Crippen LogP contribution in [0.15, 0.2) is 24.3 Å². The van der Waals surface area contributed by atoms with E-state index in [0.717, 1.165) is 17.4 Å². The molecule has 0 aliphatic heterocycles. The average molecular weight is 203 g/mol. The molecule has 4 N–H and O–H groups in total. The predicted molar refractivity (Wildman–Crippen MR) is 60.5 cm³/mol. The number of nitrogens with two attached hydrogens (primary N) is 2. The molecular weight excluding hydrogens is 190 g/mol. The highest BCUT2D eigenvalue weighted by Crippen LogP contribution is 2.27. The molecule has 1 aromatic carbocycles. The first kappa shape index (κ1) is 9.58. The van der Waals surface area contributed by atoms with Gasteiger partial charge in [-0.3, -0.25) is 4.79 Å². The van der Waals surface area contributed by atoms with Gasteiger partial charge in [-0.05, 0) is 13.0 Å². The first-order chi connectivity index (χ1) is 7.16. The summed E-state index contributed by atoms with van der Waals surface area (Å²) < 4.78 is 1.88. The highest BCUT2D eigenvalue weighted by atomic mass is 16.1. The van der Waals surface area contributed by atoms with Gasteiger partial charge in [-0.25, -0.2) is 0 Å². The van der Waals surface area contributed by atoms with Crippen molar-refractivity contribution >= 4 is 22.6 Å². The van der Waals surface area contributed by atoms with E-state index in [0.29, 0.717) is 11.4 Å². The van der Waals surface area contributed by atoms with Gasteiger partial charge < -0.3 is 16.0 Å². The largest absolute Gasteiger partial charge is 0.384 e. The molecule has 0 saturated heterocycles. The van der Waals surface area contributed by atoms with Crippen LogP contribution in [0, 0.1) is 0 Å². The van der Waals surface area contributed by atoms with Gasteiger partial charge in [-0.2, -0.15) is 0 Å². The Hall–Kier alpha value is -1.97. The molecule has 0 aliphatic carbocycles. The minimum absolute atomic E-state index is 0.424. The summed E-state index contributed by atoms with van der Waals surface area (Å²) in [5.74, 6) is -0.0258. The summed E-state index contributed by atoms with van der Waals surface area (Å²) >= 11 is 0. The first-order valence-corrected chi connectivity index (χ1v) is 4.83. The third kappa shape index (κ3) is 1.26. The Balaban J connectivity index is 2.91. The molecule has 0 atom stereocenters. The molecule has 0 bridgehead atoms. The van der Waals surface area contributed by atoms with Crippen LogP contribution in [0.3, 0.4) is 0 Å². The van der Waals surface area contributed by atoms with Gasteiger partial charge in [0.25, 0.3) is 5.91 Å². The summed E-state index contributed by atoms with van der Waals surface area (Å²) in [4.78, 5) is 11.3. The first-order valence-electron chi connectivity index (χ1n) is 4.83. The summed E-state index contributed by atoms with van der Waals surface area (Å²) in [5, 5.41) is 0.823. The van der Waals surface area contributed by atoms with Gasteiger partial charge in [0, 0.05) is 11.9 Å². The fraction of sp³-hybridized carbons (Fsp3) is 0.182. The van der Waals surface area contributed by atoms with Gasteiger partial charge in [0.15, 0.2) is 0 Å². The monoisotopic (exact) mass is 203 g/mol. The standard InChI is InChI=1S/C11H13N3O/c1-2-14-8-6-4-3-5-7(8)9(10(14)12)11(13)15/h3-6H,2,12H2,1H3,(H2,13,15). The molecule has 0 saturated carbocycles. The van der Waals surface area contributed by atoms with Crippen LogP contribution in [0.1, 0.15) is 17.3 Å². The number of nitrogens with zero attached hydrogens (tertiary/aromatic N) is 1. The van der Waals surface area contributed by atoms with Gasteiger partial charge in [0.05, 0.1) is 11.1 Å². The second-order valence-corrected chi connectivity index (χ2v) is 3.39. The Bertz CT molecular complexity index is 528. The lowest BCUT2D eigenvalue weighted by atomic mass is 10.1. The molecule has 4 heteroatoms. The highest BCUT2D eigenvalue weighted by Gasteiger charge is 2.17. The number of rotatable bonds is 2. The van der Waals surface area contributed by atoms with Gasteiger partial charge in [-0.15, -0.1) is 0 Å². The third-order valence-electron chi connectivity index (χ3n) is 2.57. The van der Waals surface area contributed by atoms with Gasteiger partial charge in [-0.1, -0.05) is 18.2 Å². The molecule has 2 rings (SSSR count). The lowest BCUT2D eigenvalue weighted by Gasteiger charge is -2.02. The second-order valence-electron chi connectivity index (χ2n) is 3.39. The maximum atomic E-state index is 11.3. The van der Waals surface area contributed by atoms with E-state index in [4.69, 9.17) is 11.5 Å². The van der Waals surface area contributed by atoms with Gasteiger partial charge in [0.1, 0.15) is 5.82 Å². The van der Waals surface area contributed by atoms with E-state index in [1.165, 1.54) is 0 Å². The van der Waals surface area contributed by atoms with Crippen LogP contribution in [-0.2, 0) is 6.54 Å². The molecule has 0 unspecified atom stereocenters. The normalized spacial score (nSPS) is 10.7. The van der Waals surface area contributed by atoms with Gasteiger partial charge >= 0.3 is 0 Å². The van der Waals surface area contributed by atoms with Crippen LogP contribution in [0.4, 0.5) is 5.82 Å². The number of hydrogen-bond acceptors (Lipinski definition) is 2. The number of primary amides is 1. The fourth-order valence-corrected chi connectivity index (χ4v) is 1.92. The SMILES string of the molecule is CCn1c(N)c(C(N)=O)c2ccccc21. The van der Waals surface area contributed by atoms with Crippen LogP contribution in [0.2, 0.25) is 0 Å². The van der Waals surface area contributed by atoms with E-state index in [-0.39, 0.29) is 0 Å². The van der Waals surface area contributed by atoms with Crippen molar-refractivity contribution in [2.45, 2.75) is 13.5 Å². The Kier molecular flexibility index (Phi) is 2.11. The number of anilines is 1. The number of aryl methyl sites for hydroxylation is 1. The minimum Gasteiger partial charge on any atom is -0.384 e. The number of hydrogen-bond donors (Lipinski definition) is 2. The number of benzene rings is 1. The molecular formula is C11H13N3O. The van der Waals surface area contributed by atoms with E-state index in [1.807, 2.05) is 35.8 Å². The molecule has 1 amide bonds. The van der Waals surface area contributed by atoms with Gasteiger partial charge in [0.2, 0.25) is 0 Å². The predicted octanol–water partition coefficient (Wildman–Crippen LogP) is 1.34. The smallest absolute Gasteiger partial charge is 0.253 e. The summed E-state index contributed by atoms with van der Waals surface area (Å²) in [6.07, 6.45) is 0. The lowest BCUT2D eigenvalue weighted by Crippen LogP contribution is -2.13. The maximum absolute atomic E-state index is 11.3. The van der Waals surface area contributed by atoms with E-state index >= 15 is 0 Å². The number of carbonyl (C=O) groups excluding carboxylic acids is 1. The number of nitrogen functional groups attached to an aromatic ring is 1. The maximum Gasteiger partial charge on any atom is 0.253 e. The molecule has 0 fully saturated rings. The molecule has 0 spiro atoms. The highest BCUT2D eigenvalue weighted by molar-refractivity contribution is 6.11. The summed E-state index contributed by atoms with van der Waals surface area (Å²) in [7, 11) is 0. The molecule has 2 aromatic rings. The minimum atomic E-state index is -0.476. The number of fused-ring (bicyclic) bond motifs is 1. The molecule has 0 radical (unpaired) electrons. The lowest BCUT2D eigenvalue weighted by molar-refractivity contribution is 0.100. The van der Waals surface area contributed by atoms with Crippen molar-refractivity contribution in [2.75, 3.05) is 5.73 Å².